The molecule has 1 saturated heterocycles. The molecule has 4 rings (SSSR count). The van der Waals surface area contributed by atoms with E-state index in [1.165, 1.54) is 18.2 Å². The van der Waals surface area contributed by atoms with Gasteiger partial charge in [-0.05, 0) is 41.7 Å². The summed E-state index contributed by atoms with van der Waals surface area (Å²) in [5, 5.41) is 12.5. The maximum absolute atomic E-state index is 13.4. The lowest BCUT2D eigenvalue weighted by Crippen LogP contribution is -2.37. The molecule has 1 amide bonds. The fraction of sp³-hybridized carbons (Fsp3) is 0.250. The third kappa shape index (κ3) is 3.20. The van der Waals surface area contributed by atoms with E-state index in [1.54, 1.807) is 18.3 Å². The summed E-state index contributed by atoms with van der Waals surface area (Å²) in [6, 6.07) is 9.99. The topological polar surface area (TPSA) is 81.6 Å². The zero-order valence-corrected chi connectivity index (χ0v) is 14.5. The summed E-state index contributed by atoms with van der Waals surface area (Å²) < 4.78 is 40.2. The van der Waals surface area contributed by atoms with Crippen LogP contribution in [0.2, 0.25) is 0 Å². The summed E-state index contributed by atoms with van der Waals surface area (Å²) in [5.74, 6) is -0.591. The molecule has 2 unspecified atom stereocenters. The Labute approximate surface area is 158 Å². The van der Waals surface area contributed by atoms with Gasteiger partial charge in [0, 0.05) is 18.0 Å². The summed E-state index contributed by atoms with van der Waals surface area (Å²) in [4.78, 5) is 19.4. The number of halogens is 3. The minimum atomic E-state index is -4.50. The van der Waals surface area contributed by atoms with Crippen molar-refractivity contribution in [3.8, 4) is 6.07 Å². The molecule has 8 heteroatoms. The number of aromatic nitrogens is 2. The number of nitrogens with one attached hydrogen (secondary N) is 2. The van der Waals surface area contributed by atoms with Gasteiger partial charge in [0.1, 0.15) is 17.4 Å². The van der Waals surface area contributed by atoms with E-state index in [9.17, 15) is 18.0 Å². The standard InChI is InChI=1S/C20H15F3N4O/c21-20(22,23)16-4-2-1-3-14(16)17-7-11(8-18(28)27-17)13-5-6-25-19-15(13)9-12(10-24)26-19/h1-6,9,11,17H,7-8H2,(H,25,26)(H,27,28). The Morgan fingerprint density at radius 2 is 1.96 bits per heavy atom. The average molecular weight is 384 g/mol. The third-order valence-corrected chi connectivity index (χ3v) is 5.05. The molecule has 0 saturated carbocycles. The molecule has 5 nitrogen and oxygen atoms in total. The van der Waals surface area contributed by atoms with E-state index in [2.05, 4.69) is 15.3 Å². The van der Waals surface area contributed by atoms with Gasteiger partial charge in [0.05, 0.1) is 11.6 Å². The van der Waals surface area contributed by atoms with Crippen molar-refractivity contribution in [1.29, 1.82) is 5.26 Å². The van der Waals surface area contributed by atoms with Crippen LogP contribution in [0.4, 0.5) is 13.2 Å². The first-order valence-electron chi connectivity index (χ1n) is 8.70. The SMILES string of the molecule is N#Cc1cc2c(C3CC(=O)NC(c4ccccc4C(F)(F)F)C3)ccnc2[nH]1. The number of aromatic amines is 1. The molecule has 0 bridgehead atoms. The smallest absolute Gasteiger partial charge is 0.349 e. The number of rotatable bonds is 2. The first-order chi connectivity index (χ1) is 13.4. The van der Waals surface area contributed by atoms with Gasteiger partial charge >= 0.3 is 6.18 Å². The van der Waals surface area contributed by atoms with Crippen molar-refractivity contribution >= 4 is 16.9 Å². The number of hydrogen-bond acceptors (Lipinski definition) is 3. The van der Waals surface area contributed by atoms with Crippen LogP contribution in [0.1, 0.15) is 47.2 Å². The Bertz CT molecular complexity index is 1100. The van der Waals surface area contributed by atoms with Crippen molar-refractivity contribution in [2.24, 2.45) is 0 Å². The molecule has 2 atom stereocenters. The molecule has 28 heavy (non-hydrogen) atoms. The van der Waals surface area contributed by atoms with E-state index >= 15 is 0 Å². The number of fused-ring (bicyclic) bond motifs is 1. The zero-order valence-electron chi connectivity index (χ0n) is 14.5. The van der Waals surface area contributed by atoms with Crippen molar-refractivity contribution in [3.63, 3.8) is 0 Å². The van der Waals surface area contributed by atoms with Crippen LogP contribution in [0, 0.1) is 11.3 Å². The number of amides is 1. The predicted octanol–water partition coefficient (Wildman–Crippen LogP) is 4.19. The second-order valence-corrected chi connectivity index (χ2v) is 6.80. The highest BCUT2D eigenvalue weighted by molar-refractivity contribution is 5.84. The van der Waals surface area contributed by atoms with Crippen molar-refractivity contribution in [2.45, 2.75) is 31.0 Å². The van der Waals surface area contributed by atoms with E-state index in [-0.39, 0.29) is 23.8 Å². The molecular weight excluding hydrogens is 369 g/mol. The van der Waals surface area contributed by atoms with Crippen LogP contribution < -0.4 is 5.32 Å². The summed E-state index contributed by atoms with van der Waals surface area (Å²) >= 11 is 0. The fourth-order valence-electron chi connectivity index (χ4n) is 3.87. The highest BCUT2D eigenvalue weighted by Crippen LogP contribution is 2.41. The quantitative estimate of drug-likeness (QED) is 0.695. The monoisotopic (exact) mass is 384 g/mol. The van der Waals surface area contributed by atoms with Crippen molar-refractivity contribution < 1.29 is 18.0 Å². The van der Waals surface area contributed by atoms with E-state index in [1.807, 2.05) is 6.07 Å². The number of carbonyl (C=O) groups is 1. The minimum Gasteiger partial charge on any atom is -0.349 e. The number of piperidine rings is 1. The largest absolute Gasteiger partial charge is 0.416 e. The van der Waals surface area contributed by atoms with Gasteiger partial charge in [-0.2, -0.15) is 18.4 Å². The molecule has 3 heterocycles. The van der Waals surface area contributed by atoms with Crippen LogP contribution in [0.5, 0.6) is 0 Å². The van der Waals surface area contributed by atoms with Crippen molar-refractivity contribution in [3.05, 3.63) is 65.0 Å². The summed E-state index contributed by atoms with van der Waals surface area (Å²) in [6.45, 7) is 0. The van der Waals surface area contributed by atoms with Crippen LogP contribution in [0.25, 0.3) is 11.0 Å². The van der Waals surface area contributed by atoms with Crippen molar-refractivity contribution in [1.82, 2.24) is 15.3 Å². The Morgan fingerprint density at radius 1 is 1.18 bits per heavy atom. The molecule has 1 aliphatic heterocycles. The van der Waals surface area contributed by atoms with Crippen LogP contribution >= 0.6 is 0 Å². The molecule has 0 spiro atoms. The molecule has 1 fully saturated rings. The molecule has 3 aromatic rings. The van der Waals surface area contributed by atoms with Gasteiger partial charge in [-0.25, -0.2) is 4.98 Å². The van der Waals surface area contributed by atoms with Crippen molar-refractivity contribution in [2.75, 3.05) is 0 Å². The van der Waals surface area contributed by atoms with Gasteiger partial charge in [-0.1, -0.05) is 18.2 Å². The van der Waals surface area contributed by atoms with E-state index in [0.717, 1.165) is 11.6 Å². The highest BCUT2D eigenvalue weighted by atomic mass is 19.4. The third-order valence-electron chi connectivity index (χ3n) is 5.05. The second kappa shape index (κ2) is 6.68. The molecular formula is C20H15F3N4O. The molecule has 2 aromatic heterocycles. The van der Waals surface area contributed by atoms with Crippen LogP contribution in [0.3, 0.4) is 0 Å². The molecule has 2 N–H and O–H groups in total. The van der Waals surface area contributed by atoms with Crippen LogP contribution in [-0.4, -0.2) is 15.9 Å². The summed E-state index contributed by atoms with van der Waals surface area (Å²) in [7, 11) is 0. The van der Waals surface area contributed by atoms with Gasteiger partial charge in [-0.15, -0.1) is 0 Å². The van der Waals surface area contributed by atoms with E-state index < -0.39 is 17.8 Å². The molecule has 0 radical (unpaired) electrons. The maximum Gasteiger partial charge on any atom is 0.416 e. The Hall–Kier alpha value is -3.34. The number of nitrogens with zero attached hydrogens (tertiary/aromatic N) is 2. The van der Waals surface area contributed by atoms with Crippen LogP contribution in [0.15, 0.2) is 42.6 Å². The number of H-pyrrole nitrogens is 1. The molecule has 1 aromatic carbocycles. The average Bonchev–Trinajstić information content (AvgIpc) is 3.10. The minimum absolute atomic E-state index is 0.0603. The maximum atomic E-state index is 13.4. The highest BCUT2D eigenvalue weighted by Gasteiger charge is 2.38. The number of benzene rings is 1. The van der Waals surface area contributed by atoms with Gasteiger partial charge in [0.2, 0.25) is 5.91 Å². The lowest BCUT2D eigenvalue weighted by Gasteiger charge is -2.32. The zero-order chi connectivity index (χ0) is 19.9. The van der Waals surface area contributed by atoms with Gasteiger partial charge in [0.25, 0.3) is 0 Å². The second-order valence-electron chi connectivity index (χ2n) is 6.80. The lowest BCUT2D eigenvalue weighted by atomic mass is 9.82. The molecule has 1 aliphatic rings. The van der Waals surface area contributed by atoms with Gasteiger partial charge in [0.15, 0.2) is 0 Å². The van der Waals surface area contributed by atoms with Gasteiger partial charge < -0.3 is 10.3 Å². The number of pyridine rings is 1. The predicted molar refractivity (Wildman–Crippen MR) is 95.1 cm³/mol. The Balaban J connectivity index is 1.74. The first kappa shape index (κ1) is 18.0. The van der Waals surface area contributed by atoms with E-state index in [0.29, 0.717) is 23.1 Å². The Morgan fingerprint density at radius 3 is 2.71 bits per heavy atom. The number of alkyl halides is 3. The fourth-order valence-corrected chi connectivity index (χ4v) is 3.87. The lowest BCUT2D eigenvalue weighted by molar-refractivity contribution is -0.139. The normalized spacial score (nSPS) is 20.0. The van der Waals surface area contributed by atoms with Gasteiger partial charge in [-0.3, -0.25) is 4.79 Å². The number of carbonyl (C=O) groups excluding carboxylic acids is 1. The number of nitriles is 1. The number of hydrogen-bond donors (Lipinski definition) is 2. The summed E-state index contributed by atoms with van der Waals surface area (Å²) in [6.07, 6.45) is -2.44. The molecule has 0 aliphatic carbocycles. The Kier molecular flexibility index (Phi) is 4.30. The summed E-state index contributed by atoms with van der Waals surface area (Å²) in [5.41, 5.74) is 0.980. The first-order valence-corrected chi connectivity index (χ1v) is 8.70. The van der Waals surface area contributed by atoms with E-state index in [4.69, 9.17) is 5.26 Å². The molecule has 142 valence electrons. The van der Waals surface area contributed by atoms with Crippen LogP contribution in [-0.2, 0) is 11.0 Å².